The van der Waals surface area contributed by atoms with E-state index in [0.29, 0.717) is 11.1 Å². The molecule has 1 aromatic carbocycles. The van der Waals surface area contributed by atoms with Crippen LogP contribution in [0.1, 0.15) is 57.0 Å². The number of nitrogens with one attached hydrogen (secondary N) is 1. The van der Waals surface area contributed by atoms with Gasteiger partial charge in [0.1, 0.15) is 11.7 Å². The van der Waals surface area contributed by atoms with E-state index in [4.69, 9.17) is 10.5 Å². The average Bonchev–Trinajstić information content (AvgIpc) is 3.22. The molecule has 0 bridgehead atoms. The van der Waals surface area contributed by atoms with Gasteiger partial charge in [-0.2, -0.15) is 5.26 Å². The van der Waals surface area contributed by atoms with E-state index in [1.165, 1.54) is 11.3 Å². The molecule has 0 radical (unpaired) electrons. The first-order valence-electron chi connectivity index (χ1n) is 11.0. The normalized spacial score (nSPS) is 22.8. The van der Waals surface area contributed by atoms with Crippen molar-refractivity contribution in [1.82, 2.24) is 15.3 Å². The summed E-state index contributed by atoms with van der Waals surface area (Å²) in [7, 11) is 0. The maximum atomic E-state index is 12.9. The Morgan fingerprint density at radius 3 is 2.71 bits per heavy atom. The molecule has 0 aliphatic heterocycles. The second kappa shape index (κ2) is 8.54. The van der Waals surface area contributed by atoms with Crippen LogP contribution < -0.4 is 15.8 Å². The fraction of sp³-hybridized carbons (Fsp3) is 0.320. The fourth-order valence-electron chi connectivity index (χ4n) is 4.97. The third kappa shape index (κ3) is 4.24. The summed E-state index contributed by atoms with van der Waals surface area (Å²) in [5, 5.41) is 13.4. The summed E-state index contributed by atoms with van der Waals surface area (Å²) in [6, 6.07) is 10.7. The standard InChI is InChI=1S/C25H23N5O3S/c1-14-29-13-21(34-14)16-5-15(12-26)6-17(7-16)23(32)30-18-8-25(9-18)10-19(11-25)33-24-20(22(27)31)3-2-4-28-24/h2-7,13,18-19H,8-11H2,1H3,(H2,27,31)(H,30,32)/t18-,19-,25?. The first kappa shape index (κ1) is 22.0. The molecule has 5 rings (SSSR count). The van der Waals surface area contributed by atoms with Crippen LogP contribution in [0, 0.1) is 23.7 Å². The minimum Gasteiger partial charge on any atom is -0.474 e. The zero-order valence-corrected chi connectivity index (χ0v) is 19.4. The number of nitriles is 1. The van der Waals surface area contributed by atoms with Gasteiger partial charge in [-0.25, -0.2) is 9.97 Å². The summed E-state index contributed by atoms with van der Waals surface area (Å²) >= 11 is 1.53. The van der Waals surface area contributed by atoms with Crippen LogP contribution in [0.25, 0.3) is 10.4 Å². The molecule has 2 amide bonds. The number of carbonyl (C=O) groups excluding carboxylic acids is 2. The zero-order chi connectivity index (χ0) is 23.9. The largest absolute Gasteiger partial charge is 0.474 e. The Kier molecular flexibility index (Phi) is 5.54. The molecule has 3 aromatic rings. The number of rotatable bonds is 6. The smallest absolute Gasteiger partial charge is 0.254 e. The number of ether oxygens (including phenoxy) is 1. The van der Waals surface area contributed by atoms with E-state index in [0.717, 1.165) is 41.1 Å². The van der Waals surface area contributed by atoms with E-state index in [1.807, 2.05) is 13.0 Å². The van der Waals surface area contributed by atoms with Crippen molar-refractivity contribution in [3.8, 4) is 22.4 Å². The summed E-state index contributed by atoms with van der Waals surface area (Å²) in [6.45, 7) is 1.92. The van der Waals surface area contributed by atoms with Crippen molar-refractivity contribution in [1.29, 1.82) is 5.26 Å². The summed E-state index contributed by atoms with van der Waals surface area (Å²) in [6.07, 6.45) is 6.79. The average molecular weight is 474 g/mol. The molecule has 2 aromatic heterocycles. The number of amides is 2. The highest BCUT2D eigenvalue weighted by Crippen LogP contribution is 2.56. The molecule has 8 nitrogen and oxygen atoms in total. The van der Waals surface area contributed by atoms with Crippen LogP contribution in [-0.2, 0) is 0 Å². The van der Waals surface area contributed by atoms with E-state index in [-0.39, 0.29) is 34.9 Å². The minimum absolute atomic E-state index is 0.0117. The van der Waals surface area contributed by atoms with Crippen molar-refractivity contribution >= 4 is 23.2 Å². The molecular formula is C25H23N5O3S. The number of hydrogen-bond donors (Lipinski definition) is 2. The van der Waals surface area contributed by atoms with E-state index in [1.54, 1.807) is 36.7 Å². The van der Waals surface area contributed by atoms with Crippen LogP contribution in [0.15, 0.2) is 42.7 Å². The van der Waals surface area contributed by atoms with Gasteiger partial charge in [0, 0.05) is 24.0 Å². The van der Waals surface area contributed by atoms with Crippen molar-refractivity contribution in [3.63, 3.8) is 0 Å². The van der Waals surface area contributed by atoms with Crippen LogP contribution >= 0.6 is 11.3 Å². The van der Waals surface area contributed by atoms with Gasteiger partial charge in [-0.15, -0.1) is 11.3 Å². The molecule has 2 saturated carbocycles. The molecular weight excluding hydrogens is 450 g/mol. The second-order valence-electron chi connectivity index (χ2n) is 9.10. The van der Waals surface area contributed by atoms with Crippen LogP contribution in [0.5, 0.6) is 5.88 Å². The number of carbonyl (C=O) groups is 2. The van der Waals surface area contributed by atoms with E-state index < -0.39 is 5.91 Å². The first-order valence-corrected chi connectivity index (χ1v) is 11.9. The Labute approximate surface area is 200 Å². The number of aromatic nitrogens is 2. The lowest BCUT2D eigenvalue weighted by Crippen LogP contribution is -2.58. The van der Waals surface area contributed by atoms with Crippen molar-refractivity contribution in [2.75, 3.05) is 0 Å². The maximum absolute atomic E-state index is 12.9. The van der Waals surface area contributed by atoms with Crippen LogP contribution in [0.4, 0.5) is 0 Å². The molecule has 1 spiro atoms. The number of nitrogens with zero attached hydrogens (tertiary/aromatic N) is 3. The van der Waals surface area contributed by atoms with Gasteiger partial charge in [0.15, 0.2) is 0 Å². The van der Waals surface area contributed by atoms with Gasteiger partial charge in [-0.3, -0.25) is 9.59 Å². The molecule has 2 aliphatic carbocycles. The molecule has 2 heterocycles. The molecule has 0 atom stereocenters. The molecule has 2 fully saturated rings. The SMILES string of the molecule is Cc1ncc(-c2cc(C#N)cc(C(=O)N[C@H]3CC4(C3)C[C@H](Oc3ncccc3C(N)=O)C4)c2)s1. The lowest BCUT2D eigenvalue weighted by molar-refractivity contribution is -0.0848. The van der Waals surface area contributed by atoms with Crippen molar-refractivity contribution < 1.29 is 14.3 Å². The minimum atomic E-state index is -0.558. The Balaban J connectivity index is 1.18. The van der Waals surface area contributed by atoms with Gasteiger partial charge in [-0.1, -0.05) is 0 Å². The van der Waals surface area contributed by atoms with Crippen molar-refractivity contribution in [2.24, 2.45) is 11.1 Å². The summed E-state index contributed by atoms with van der Waals surface area (Å²) in [5.41, 5.74) is 7.59. The molecule has 9 heteroatoms. The number of pyridine rings is 1. The fourth-order valence-corrected chi connectivity index (χ4v) is 5.73. The van der Waals surface area contributed by atoms with Crippen LogP contribution in [-0.4, -0.2) is 33.9 Å². The van der Waals surface area contributed by atoms with Crippen LogP contribution in [0.2, 0.25) is 0 Å². The van der Waals surface area contributed by atoms with Crippen molar-refractivity contribution in [3.05, 3.63) is 64.4 Å². The Morgan fingerprint density at radius 1 is 1.24 bits per heavy atom. The van der Waals surface area contributed by atoms with Gasteiger partial charge >= 0.3 is 0 Å². The third-order valence-electron chi connectivity index (χ3n) is 6.56. The van der Waals surface area contributed by atoms with Gasteiger partial charge in [0.25, 0.3) is 11.8 Å². The second-order valence-corrected chi connectivity index (χ2v) is 10.3. The number of aryl methyl sites for hydroxylation is 1. The number of nitrogens with two attached hydrogens (primary N) is 1. The molecule has 0 saturated heterocycles. The lowest BCUT2D eigenvalue weighted by Gasteiger charge is -2.57. The van der Waals surface area contributed by atoms with E-state index >= 15 is 0 Å². The molecule has 0 unspecified atom stereocenters. The monoisotopic (exact) mass is 473 g/mol. The Bertz CT molecular complexity index is 1310. The highest BCUT2D eigenvalue weighted by atomic mass is 32.1. The molecule has 34 heavy (non-hydrogen) atoms. The van der Waals surface area contributed by atoms with Gasteiger partial charge in [0.2, 0.25) is 5.88 Å². The number of primary amides is 1. The summed E-state index contributed by atoms with van der Waals surface area (Å²) in [5.74, 6) is -0.452. The molecule has 3 N–H and O–H groups in total. The Morgan fingerprint density at radius 2 is 2.03 bits per heavy atom. The van der Waals surface area contributed by atoms with E-state index in [2.05, 4.69) is 21.4 Å². The summed E-state index contributed by atoms with van der Waals surface area (Å²) in [4.78, 5) is 33.8. The third-order valence-corrected chi connectivity index (χ3v) is 7.52. The predicted molar refractivity (Wildman–Crippen MR) is 126 cm³/mol. The Hall–Kier alpha value is -3.77. The number of thiazole rings is 1. The quantitative estimate of drug-likeness (QED) is 0.562. The topological polar surface area (TPSA) is 131 Å². The highest BCUT2D eigenvalue weighted by molar-refractivity contribution is 7.15. The lowest BCUT2D eigenvalue weighted by atomic mass is 9.53. The molecule has 2 aliphatic rings. The maximum Gasteiger partial charge on any atom is 0.254 e. The number of benzene rings is 1. The van der Waals surface area contributed by atoms with Gasteiger partial charge < -0.3 is 15.8 Å². The zero-order valence-electron chi connectivity index (χ0n) is 18.6. The highest BCUT2D eigenvalue weighted by Gasteiger charge is 2.54. The number of hydrogen-bond acceptors (Lipinski definition) is 7. The molecule has 172 valence electrons. The van der Waals surface area contributed by atoms with Crippen LogP contribution in [0.3, 0.4) is 0 Å². The van der Waals surface area contributed by atoms with Crippen molar-refractivity contribution in [2.45, 2.75) is 44.8 Å². The predicted octanol–water partition coefficient (Wildman–Crippen LogP) is 3.60. The first-order chi connectivity index (χ1) is 16.3. The van der Waals surface area contributed by atoms with Gasteiger partial charge in [0.05, 0.1) is 21.5 Å². The van der Waals surface area contributed by atoms with E-state index in [9.17, 15) is 14.9 Å². The van der Waals surface area contributed by atoms with Gasteiger partial charge in [-0.05, 0) is 73.9 Å². The summed E-state index contributed by atoms with van der Waals surface area (Å²) < 4.78 is 5.91.